The van der Waals surface area contributed by atoms with Crippen molar-refractivity contribution in [2.45, 2.75) is 31.8 Å². The summed E-state index contributed by atoms with van der Waals surface area (Å²) < 4.78 is 41.2. The van der Waals surface area contributed by atoms with Crippen LogP contribution in [-0.2, 0) is 18.3 Å². The van der Waals surface area contributed by atoms with E-state index in [9.17, 15) is 18.3 Å². The van der Waals surface area contributed by atoms with Gasteiger partial charge in [-0.2, -0.15) is 0 Å². The molecule has 1 atom stereocenters. The lowest BCUT2D eigenvalue weighted by atomic mass is 10.2. The Morgan fingerprint density at radius 2 is 1.85 bits per heavy atom. The molecule has 0 aromatic carbocycles. The number of hydrogen-bond donors (Lipinski definition) is 0. The zero-order valence-electron chi connectivity index (χ0n) is 7.23. The Balaban J connectivity index is 4.37. The molecule has 0 saturated carbocycles. The largest absolute Gasteiger partial charge is 0.395 e. The molecule has 1 unspecified atom stereocenters. The Bertz CT molecular complexity index is 327. The molecule has 4 nitrogen and oxygen atoms in total. The molecule has 0 amide bonds. The molecule has 0 fully saturated rings. The van der Waals surface area contributed by atoms with Crippen molar-refractivity contribution >= 4 is 15.4 Å². The van der Waals surface area contributed by atoms with Gasteiger partial charge in [-0.25, -0.2) is 18.3 Å². The molecule has 0 aliphatic carbocycles. The summed E-state index contributed by atoms with van der Waals surface area (Å²) in [6.07, 6.45) is 2.01. The van der Waals surface area contributed by atoms with Crippen molar-refractivity contribution in [3.63, 3.8) is 0 Å². The van der Waals surface area contributed by atoms with Crippen LogP contribution in [0.15, 0.2) is 0 Å². The van der Waals surface area contributed by atoms with Gasteiger partial charge in [0.2, 0.25) is 0 Å². The molecule has 72 valence electrons. The van der Waals surface area contributed by atoms with Crippen LogP contribution in [0.4, 0.5) is 0 Å². The minimum atomic E-state index is -2.80. The number of hydrogen-bond acceptors (Lipinski definition) is 4. The van der Waals surface area contributed by atoms with Crippen LogP contribution in [0.1, 0.15) is 26.2 Å². The summed E-state index contributed by atoms with van der Waals surface area (Å²) in [6, 6.07) is 0. The summed E-state index contributed by atoms with van der Waals surface area (Å²) in [4.78, 5) is 0. The standard InChI is InChI=1S/C7H10O4P2/c1-2-3-4-7(13(10)11)5-6-12(8)9/h7H,2-4H2,1H3. The maximum Gasteiger partial charge on any atom is 0.395 e. The van der Waals surface area contributed by atoms with Gasteiger partial charge in [0, 0.05) is 5.66 Å². The maximum atomic E-state index is 10.6. The van der Waals surface area contributed by atoms with E-state index in [1.165, 1.54) is 0 Å². The highest BCUT2D eigenvalue weighted by Crippen LogP contribution is 2.20. The van der Waals surface area contributed by atoms with Gasteiger partial charge in [-0.3, -0.25) is 0 Å². The van der Waals surface area contributed by atoms with Crippen molar-refractivity contribution in [2.24, 2.45) is 0 Å². The van der Waals surface area contributed by atoms with Crippen LogP contribution in [0.2, 0.25) is 0 Å². The van der Waals surface area contributed by atoms with E-state index in [1.807, 2.05) is 12.6 Å². The smallest absolute Gasteiger partial charge is 0.236 e. The van der Waals surface area contributed by atoms with E-state index >= 15 is 0 Å². The van der Waals surface area contributed by atoms with Crippen LogP contribution in [0, 0.1) is 11.6 Å². The van der Waals surface area contributed by atoms with Crippen molar-refractivity contribution in [2.75, 3.05) is 0 Å². The molecular weight excluding hydrogens is 210 g/mol. The van der Waals surface area contributed by atoms with E-state index in [2.05, 4.69) is 5.92 Å². The Kier molecular flexibility index (Phi) is 6.49. The van der Waals surface area contributed by atoms with E-state index in [-0.39, 0.29) is 0 Å². The average Bonchev–Trinajstić information content (AvgIpc) is 2.03. The number of unbranched alkanes of at least 4 members (excludes halogenated alkanes) is 1. The lowest BCUT2D eigenvalue weighted by Crippen LogP contribution is -1.94. The molecule has 0 rings (SSSR count). The van der Waals surface area contributed by atoms with E-state index in [0.717, 1.165) is 12.8 Å². The highest BCUT2D eigenvalue weighted by atomic mass is 31.1. The Hall–Kier alpha value is -0.640. The second kappa shape index (κ2) is 6.83. The number of rotatable bonds is 4. The van der Waals surface area contributed by atoms with Gasteiger partial charge < -0.3 is 0 Å². The summed E-state index contributed by atoms with van der Waals surface area (Å²) in [5.41, 5.74) is 1.04. The lowest BCUT2D eigenvalue weighted by Gasteiger charge is -1.96. The van der Waals surface area contributed by atoms with Crippen LogP contribution in [-0.4, -0.2) is 5.66 Å². The lowest BCUT2D eigenvalue weighted by molar-refractivity contribution is 0.506. The molecule has 0 aliphatic heterocycles. The molecule has 0 N–H and O–H groups in total. The molecule has 13 heavy (non-hydrogen) atoms. The van der Waals surface area contributed by atoms with Crippen molar-refractivity contribution < 1.29 is 18.3 Å². The molecule has 0 aromatic rings. The zero-order chi connectivity index (χ0) is 10.3. The van der Waals surface area contributed by atoms with Gasteiger partial charge in [-0.15, -0.1) is 0 Å². The van der Waals surface area contributed by atoms with Crippen LogP contribution in [0.3, 0.4) is 0 Å². The molecule has 0 radical (unpaired) electrons. The summed E-state index contributed by atoms with van der Waals surface area (Å²) in [6.45, 7) is 1.93. The molecule has 0 spiro atoms. The normalized spacial score (nSPS) is 11.2. The minimum absolute atomic E-state index is 0.408. The van der Waals surface area contributed by atoms with Crippen LogP contribution in [0.25, 0.3) is 0 Å². The van der Waals surface area contributed by atoms with Crippen molar-refractivity contribution in [1.82, 2.24) is 0 Å². The quantitative estimate of drug-likeness (QED) is 0.539. The molecule has 0 aliphatic rings. The first-order valence-electron chi connectivity index (χ1n) is 3.87. The van der Waals surface area contributed by atoms with Gasteiger partial charge in [-0.1, -0.05) is 25.7 Å². The first kappa shape index (κ1) is 12.4. The van der Waals surface area contributed by atoms with Crippen molar-refractivity contribution in [3.8, 4) is 11.6 Å². The van der Waals surface area contributed by atoms with E-state index in [0.29, 0.717) is 6.42 Å². The Morgan fingerprint density at radius 1 is 1.23 bits per heavy atom. The molecular formula is C7H10O4P2. The third-order valence-electron chi connectivity index (χ3n) is 1.41. The van der Waals surface area contributed by atoms with E-state index in [1.54, 1.807) is 0 Å². The van der Waals surface area contributed by atoms with Crippen molar-refractivity contribution in [3.05, 3.63) is 0 Å². The van der Waals surface area contributed by atoms with Gasteiger partial charge in [0.25, 0.3) is 0 Å². The SMILES string of the molecule is CCCCC(C#CP(=O)=O)P(=O)=O. The van der Waals surface area contributed by atoms with Gasteiger partial charge >= 0.3 is 15.4 Å². The first-order chi connectivity index (χ1) is 6.07. The summed E-state index contributed by atoms with van der Waals surface area (Å²) in [7, 11) is -5.45. The van der Waals surface area contributed by atoms with E-state index < -0.39 is 21.0 Å². The Labute approximate surface area is 77.7 Å². The predicted molar refractivity (Wildman–Crippen MR) is 47.7 cm³/mol. The molecule has 0 aromatic heterocycles. The van der Waals surface area contributed by atoms with Crippen LogP contribution >= 0.6 is 15.4 Å². The summed E-state index contributed by atoms with van der Waals surface area (Å²) in [5, 5.41) is 0. The minimum Gasteiger partial charge on any atom is -0.236 e. The highest BCUT2D eigenvalue weighted by Gasteiger charge is 2.10. The topological polar surface area (TPSA) is 68.3 Å². The maximum absolute atomic E-state index is 10.6. The average molecular weight is 220 g/mol. The molecule has 0 bridgehead atoms. The van der Waals surface area contributed by atoms with Gasteiger partial charge in [-0.05, 0) is 6.42 Å². The molecule has 0 heterocycles. The summed E-state index contributed by atoms with van der Waals surface area (Å²) in [5.74, 6) is 2.21. The predicted octanol–water partition coefficient (Wildman–Crippen LogP) is 2.85. The second-order valence-corrected chi connectivity index (χ2v) is 4.39. The molecule has 0 saturated heterocycles. The fourth-order valence-corrected chi connectivity index (χ4v) is 1.68. The zero-order valence-corrected chi connectivity index (χ0v) is 9.01. The van der Waals surface area contributed by atoms with Crippen molar-refractivity contribution in [1.29, 1.82) is 0 Å². The third-order valence-corrected chi connectivity index (χ3v) is 2.62. The van der Waals surface area contributed by atoms with Crippen LogP contribution in [0.5, 0.6) is 0 Å². The van der Waals surface area contributed by atoms with Gasteiger partial charge in [0.05, 0.1) is 0 Å². The van der Waals surface area contributed by atoms with Gasteiger partial charge in [0.1, 0.15) is 5.66 Å². The second-order valence-electron chi connectivity index (χ2n) is 2.46. The Morgan fingerprint density at radius 3 is 2.23 bits per heavy atom. The monoisotopic (exact) mass is 220 g/mol. The van der Waals surface area contributed by atoms with Gasteiger partial charge in [0.15, 0.2) is 0 Å². The highest BCUT2D eigenvalue weighted by molar-refractivity contribution is 7.37. The third kappa shape index (κ3) is 6.51. The van der Waals surface area contributed by atoms with E-state index in [4.69, 9.17) is 0 Å². The fraction of sp³-hybridized carbons (Fsp3) is 0.714. The first-order valence-corrected chi connectivity index (χ1v) is 6.29. The fourth-order valence-electron chi connectivity index (χ4n) is 0.755. The van der Waals surface area contributed by atoms with Crippen LogP contribution < -0.4 is 0 Å². The summed E-state index contributed by atoms with van der Waals surface area (Å²) >= 11 is 0. The molecule has 6 heteroatoms.